The second-order valence-electron chi connectivity index (χ2n) is 3.86. The summed E-state index contributed by atoms with van der Waals surface area (Å²) in [6.45, 7) is 12.0. The lowest BCUT2D eigenvalue weighted by Crippen LogP contribution is -2.04. The van der Waals surface area contributed by atoms with E-state index in [0.717, 1.165) is 18.6 Å². The minimum Gasteiger partial charge on any atom is -0.498 e. The number of benzene rings is 1. The quantitative estimate of drug-likeness (QED) is 0.375. The molecule has 0 aliphatic rings. The van der Waals surface area contributed by atoms with Crippen LogP contribution in [0.1, 0.15) is 11.1 Å². The molecule has 0 unspecified atom stereocenters. The van der Waals surface area contributed by atoms with Crippen LogP contribution in [0.4, 0.5) is 0 Å². The van der Waals surface area contributed by atoms with Crippen molar-refractivity contribution in [1.29, 1.82) is 0 Å². The number of allylic oxidation sites excluding steroid dienone is 2. The second-order valence-corrected chi connectivity index (χ2v) is 3.86. The van der Waals surface area contributed by atoms with Gasteiger partial charge in [0.15, 0.2) is 0 Å². The molecule has 0 saturated heterocycles. The van der Waals surface area contributed by atoms with Gasteiger partial charge in [-0.05, 0) is 36.1 Å². The summed E-state index contributed by atoms with van der Waals surface area (Å²) >= 11 is 0. The molecular formula is C16H20O2. The molecule has 0 spiro atoms. The highest BCUT2D eigenvalue weighted by molar-refractivity contribution is 5.36. The molecule has 0 heterocycles. The van der Waals surface area contributed by atoms with E-state index in [0.29, 0.717) is 13.2 Å². The first-order chi connectivity index (χ1) is 8.80. The molecule has 0 atom stereocenters. The van der Waals surface area contributed by atoms with Gasteiger partial charge in [-0.3, -0.25) is 0 Å². The van der Waals surface area contributed by atoms with E-state index in [4.69, 9.17) is 9.47 Å². The topological polar surface area (TPSA) is 18.5 Å². The number of hydrogen-bond donors (Lipinski definition) is 0. The van der Waals surface area contributed by atoms with Crippen molar-refractivity contribution in [1.82, 2.24) is 0 Å². The molecule has 1 aromatic carbocycles. The Morgan fingerprint density at radius 3 is 2.00 bits per heavy atom. The van der Waals surface area contributed by atoms with Gasteiger partial charge in [-0.25, -0.2) is 0 Å². The SMILES string of the molecule is C=CCc1cc(CC=C)cc(OCCOC=C)c1. The van der Waals surface area contributed by atoms with E-state index >= 15 is 0 Å². The molecule has 0 aliphatic carbocycles. The van der Waals surface area contributed by atoms with Gasteiger partial charge in [-0.15, -0.1) is 13.2 Å². The van der Waals surface area contributed by atoms with E-state index in [-0.39, 0.29) is 0 Å². The van der Waals surface area contributed by atoms with Crippen LogP contribution in [0, 0.1) is 0 Å². The summed E-state index contributed by atoms with van der Waals surface area (Å²) in [4.78, 5) is 0. The molecule has 1 aromatic rings. The van der Waals surface area contributed by atoms with E-state index in [1.807, 2.05) is 24.3 Å². The minimum atomic E-state index is 0.506. The summed E-state index contributed by atoms with van der Waals surface area (Å²) in [6, 6.07) is 6.21. The summed E-state index contributed by atoms with van der Waals surface area (Å²) in [5, 5.41) is 0. The van der Waals surface area contributed by atoms with Crippen LogP contribution in [0.15, 0.2) is 56.4 Å². The van der Waals surface area contributed by atoms with Crippen molar-refractivity contribution in [2.45, 2.75) is 12.8 Å². The maximum atomic E-state index is 5.64. The van der Waals surface area contributed by atoms with Crippen LogP contribution in [0.25, 0.3) is 0 Å². The molecule has 2 heteroatoms. The molecule has 0 radical (unpaired) electrons. The van der Waals surface area contributed by atoms with Crippen molar-refractivity contribution in [3.8, 4) is 5.75 Å². The van der Waals surface area contributed by atoms with Crippen molar-refractivity contribution in [2.24, 2.45) is 0 Å². The lowest BCUT2D eigenvalue weighted by Gasteiger charge is -2.10. The van der Waals surface area contributed by atoms with Gasteiger partial charge in [0.2, 0.25) is 0 Å². The Balaban J connectivity index is 2.71. The summed E-state index contributed by atoms with van der Waals surface area (Å²) in [5.74, 6) is 0.860. The number of rotatable bonds is 9. The van der Waals surface area contributed by atoms with Crippen LogP contribution in [0.2, 0.25) is 0 Å². The molecule has 0 saturated carbocycles. The van der Waals surface area contributed by atoms with Crippen molar-refractivity contribution in [2.75, 3.05) is 13.2 Å². The van der Waals surface area contributed by atoms with Gasteiger partial charge in [0.05, 0.1) is 6.26 Å². The lowest BCUT2D eigenvalue weighted by atomic mass is 10.1. The zero-order chi connectivity index (χ0) is 13.2. The normalized spacial score (nSPS) is 9.56. The molecule has 0 N–H and O–H groups in total. The van der Waals surface area contributed by atoms with E-state index in [1.165, 1.54) is 17.4 Å². The summed E-state index contributed by atoms with van der Waals surface area (Å²) in [6.07, 6.45) is 6.87. The average Bonchev–Trinajstić information content (AvgIpc) is 2.35. The Hall–Kier alpha value is -1.96. The van der Waals surface area contributed by atoms with Crippen LogP contribution in [-0.4, -0.2) is 13.2 Å². The van der Waals surface area contributed by atoms with Gasteiger partial charge in [0.25, 0.3) is 0 Å². The summed E-state index contributed by atoms with van der Waals surface area (Å²) < 4.78 is 10.7. The standard InChI is InChI=1S/C16H20O2/c1-4-7-14-11-15(8-5-2)13-16(12-14)18-10-9-17-6-3/h4-6,11-13H,1-3,7-10H2. The van der Waals surface area contributed by atoms with Crippen molar-refractivity contribution < 1.29 is 9.47 Å². The molecule has 0 aliphatic heterocycles. The monoisotopic (exact) mass is 244 g/mol. The van der Waals surface area contributed by atoms with Crippen LogP contribution in [-0.2, 0) is 17.6 Å². The van der Waals surface area contributed by atoms with E-state index < -0.39 is 0 Å². The Labute approximate surface area is 109 Å². The fourth-order valence-electron chi connectivity index (χ4n) is 1.67. The zero-order valence-corrected chi connectivity index (χ0v) is 10.7. The molecule has 0 aromatic heterocycles. The van der Waals surface area contributed by atoms with Gasteiger partial charge in [-0.1, -0.05) is 24.8 Å². The fourth-order valence-corrected chi connectivity index (χ4v) is 1.67. The second kappa shape index (κ2) is 8.18. The molecule has 2 nitrogen and oxygen atoms in total. The van der Waals surface area contributed by atoms with E-state index in [2.05, 4.69) is 25.8 Å². The highest BCUT2D eigenvalue weighted by atomic mass is 16.5. The molecule has 0 bridgehead atoms. The van der Waals surface area contributed by atoms with Gasteiger partial charge >= 0.3 is 0 Å². The number of hydrogen-bond acceptors (Lipinski definition) is 2. The smallest absolute Gasteiger partial charge is 0.122 e. The Bertz CT molecular complexity index is 379. The van der Waals surface area contributed by atoms with Crippen molar-refractivity contribution in [3.63, 3.8) is 0 Å². The molecule has 0 amide bonds. The highest BCUT2D eigenvalue weighted by Gasteiger charge is 2.01. The van der Waals surface area contributed by atoms with Crippen LogP contribution in [0.3, 0.4) is 0 Å². The molecule has 96 valence electrons. The van der Waals surface area contributed by atoms with Crippen LogP contribution < -0.4 is 4.74 Å². The lowest BCUT2D eigenvalue weighted by molar-refractivity contribution is 0.179. The van der Waals surface area contributed by atoms with Crippen LogP contribution >= 0.6 is 0 Å². The maximum absolute atomic E-state index is 5.64. The first-order valence-corrected chi connectivity index (χ1v) is 6.00. The largest absolute Gasteiger partial charge is 0.498 e. The number of ether oxygens (including phenoxy) is 2. The zero-order valence-electron chi connectivity index (χ0n) is 10.7. The summed E-state index contributed by atoms with van der Waals surface area (Å²) in [7, 11) is 0. The maximum Gasteiger partial charge on any atom is 0.122 e. The van der Waals surface area contributed by atoms with Crippen molar-refractivity contribution >= 4 is 0 Å². The average molecular weight is 244 g/mol. The Morgan fingerprint density at radius 2 is 1.50 bits per heavy atom. The first kappa shape index (κ1) is 14.1. The minimum absolute atomic E-state index is 0.506. The van der Waals surface area contributed by atoms with Gasteiger partial charge < -0.3 is 9.47 Å². The third-order valence-corrected chi connectivity index (χ3v) is 2.37. The highest BCUT2D eigenvalue weighted by Crippen LogP contribution is 2.19. The molecule has 1 rings (SSSR count). The Morgan fingerprint density at radius 1 is 0.889 bits per heavy atom. The predicted octanol–water partition coefficient (Wildman–Crippen LogP) is 3.68. The van der Waals surface area contributed by atoms with E-state index in [9.17, 15) is 0 Å². The molecular weight excluding hydrogens is 224 g/mol. The van der Waals surface area contributed by atoms with Gasteiger partial charge in [0.1, 0.15) is 19.0 Å². The molecule has 18 heavy (non-hydrogen) atoms. The van der Waals surface area contributed by atoms with Crippen molar-refractivity contribution in [3.05, 3.63) is 67.5 Å². The van der Waals surface area contributed by atoms with Gasteiger partial charge in [0, 0.05) is 0 Å². The first-order valence-electron chi connectivity index (χ1n) is 6.00. The van der Waals surface area contributed by atoms with Gasteiger partial charge in [-0.2, -0.15) is 0 Å². The van der Waals surface area contributed by atoms with Crippen LogP contribution in [0.5, 0.6) is 5.75 Å². The third kappa shape index (κ3) is 4.91. The third-order valence-electron chi connectivity index (χ3n) is 2.37. The van der Waals surface area contributed by atoms with E-state index in [1.54, 1.807) is 0 Å². The summed E-state index contributed by atoms with van der Waals surface area (Å²) in [5.41, 5.74) is 2.40. The molecule has 0 fully saturated rings. The Kier molecular flexibility index (Phi) is 6.41. The predicted molar refractivity (Wildman–Crippen MR) is 75.9 cm³/mol. The fraction of sp³-hybridized carbons (Fsp3) is 0.250.